The first kappa shape index (κ1) is 21.8. The number of benzene rings is 1. The van der Waals surface area contributed by atoms with E-state index in [0.29, 0.717) is 24.9 Å². The van der Waals surface area contributed by atoms with Gasteiger partial charge < -0.3 is 14.8 Å². The predicted molar refractivity (Wildman–Crippen MR) is 129 cm³/mol. The molecule has 0 bridgehead atoms. The summed E-state index contributed by atoms with van der Waals surface area (Å²) < 4.78 is 11.1. The van der Waals surface area contributed by atoms with E-state index in [1.54, 1.807) is 13.3 Å². The number of anilines is 1. The van der Waals surface area contributed by atoms with Gasteiger partial charge in [0.05, 0.1) is 42.4 Å². The molecule has 1 unspecified atom stereocenters. The first-order valence-electron chi connectivity index (χ1n) is 11.1. The van der Waals surface area contributed by atoms with Crippen LogP contribution in [0.5, 0.6) is 11.6 Å². The van der Waals surface area contributed by atoms with Crippen molar-refractivity contribution in [3.63, 3.8) is 0 Å². The normalized spacial score (nSPS) is 14.8. The lowest BCUT2D eigenvalue weighted by molar-refractivity contribution is 0.328. The van der Waals surface area contributed by atoms with Crippen LogP contribution >= 0.6 is 0 Å². The van der Waals surface area contributed by atoms with Gasteiger partial charge >= 0.3 is 0 Å². The fourth-order valence-electron chi connectivity index (χ4n) is 4.01. The topological polar surface area (TPSA) is 68.6 Å². The molecule has 166 valence electrons. The Morgan fingerprint density at radius 2 is 1.91 bits per heavy atom. The van der Waals surface area contributed by atoms with Gasteiger partial charge in [0.25, 0.3) is 0 Å². The van der Waals surface area contributed by atoms with Gasteiger partial charge in [0.1, 0.15) is 5.75 Å². The Bertz CT molecular complexity index is 1120. The number of pyridine rings is 2. The summed E-state index contributed by atoms with van der Waals surface area (Å²) in [6.45, 7) is 9.64. The molecule has 0 spiro atoms. The van der Waals surface area contributed by atoms with Crippen LogP contribution in [0.4, 0.5) is 5.69 Å². The zero-order chi connectivity index (χ0) is 22.7. The van der Waals surface area contributed by atoms with Crippen molar-refractivity contribution in [3.8, 4) is 22.9 Å². The van der Waals surface area contributed by atoms with Crippen LogP contribution in [0.1, 0.15) is 50.6 Å². The molecule has 2 aromatic heterocycles. The highest BCUT2D eigenvalue weighted by Gasteiger charge is 2.30. The molecule has 4 rings (SSSR count). The highest BCUT2D eigenvalue weighted by Crippen LogP contribution is 2.41. The van der Waals surface area contributed by atoms with E-state index < -0.39 is 0 Å². The SMILES string of the molecule is CCOc1ncccc1-c1cc(NCc2ccc(OC)cc2)c2c(n1)C(C)=NC2C(C)C. The lowest BCUT2D eigenvalue weighted by atomic mass is 9.94. The highest BCUT2D eigenvalue weighted by molar-refractivity contribution is 6.03. The number of hydrogen-bond acceptors (Lipinski definition) is 6. The Morgan fingerprint density at radius 1 is 1.12 bits per heavy atom. The average molecular weight is 431 g/mol. The second-order valence-electron chi connectivity index (χ2n) is 8.21. The summed E-state index contributed by atoms with van der Waals surface area (Å²) in [5, 5.41) is 3.65. The van der Waals surface area contributed by atoms with Crippen LogP contribution in [0, 0.1) is 5.92 Å². The van der Waals surface area contributed by atoms with E-state index in [9.17, 15) is 0 Å². The van der Waals surface area contributed by atoms with E-state index >= 15 is 0 Å². The van der Waals surface area contributed by atoms with Crippen molar-refractivity contribution < 1.29 is 9.47 Å². The number of fused-ring (bicyclic) bond motifs is 1. The zero-order valence-corrected chi connectivity index (χ0v) is 19.3. The molecule has 32 heavy (non-hydrogen) atoms. The van der Waals surface area contributed by atoms with Gasteiger partial charge in [-0.15, -0.1) is 0 Å². The minimum atomic E-state index is 0.0881. The van der Waals surface area contributed by atoms with Gasteiger partial charge in [0, 0.05) is 24.0 Å². The van der Waals surface area contributed by atoms with Crippen molar-refractivity contribution in [3.05, 3.63) is 65.5 Å². The molecule has 3 heterocycles. The largest absolute Gasteiger partial charge is 0.497 e. The molecule has 3 aromatic rings. The number of aromatic nitrogens is 2. The molecule has 1 atom stereocenters. The van der Waals surface area contributed by atoms with Gasteiger partial charge in [-0.1, -0.05) is 26.0 Å². The molecule has 0 saturated carbocycles. The number of methoxy groups -OCH3 is 1. The third kappa shape index (κ3) is 4.31. The smallest absolute Gasteiger partial charge is 0.222 e. The standard InChI is InChI=1S/C26H30N4O2/c1-6-32-26-20(8-7-13-27-26)21-14-22(28-15-18-9-11-19(31-5)12-10-18)23-24(16(2)3)29-17(4)25(23)30-21/h7-14,16,24H,6,15H2,1-5H3,(H,28,30). The van der Waals surface area contributed by atoms with Crippen molar-refractivity contribution in [2.24, 2.45) is 10.9 Å². The van der Waals surface area contributed by atoms with Gasteiger partial charge in [-0.3, -0.25) is 4.99 Å². The first-order valence-corrected chi connectivity index (χ1v) is 11.1. The molecule has 0 saturated heterocycles. The monoisotopic (exact) mass is 430 g/mol. The second kappa shape index (κ2) is 9.39. The van der Waals surface area contributed by atoms with E-state index in [-0.39, 0.29) is 6.04 Å². The Hall–Kier alpha value is -3.41. The van der Waals surface area contributed by atoms with Crippen molar-refractivity contribution >= 4 is 11.4 Å². The highest BCUT2D eigenvalue weighted by atomic mass is 16.5. The Balaban J connectivity index is 1.76. The molecule has 1 aliphatic rings. The quantitative estimate of drug-likeness (QED) is 0.498. The summed E-state index contributed by atoms with van der Waals surface area (Å²) in [5.41, 5.74) is 7.01. The predicted octanol–water partition coefficient (Wildman–Crippen LogP) is 5.68. The maximum Gasteiger partial charge on any atom is 0.222 e. The van der Waals surface area contributed by atoms with E-state index in [4.69, 9.17) is 19.5 Å². The fourth-order valence-corrected chi connectivity index (χ4v) is 4.01. The maximum atomic E-state index is 5.77. The van der Waals surface area contributed by atoms with Gasteiger partial charge in [0.2, 0.25) is 5.88 Å². The summed E-state index contributed by atoms with van der Waals surface area (Å²) in [6.07, 6.45) is 1.74. The Kier molecular flexibility index (Phi) is 6.40. The van der Waals surface area contributed by atoms with Crippen molar-refractivity contribution in [2.45, 2.75) is 40.3 Å². The molecular weight excluding hydrogens is 400 g/mol. The van der Waals surface area contributed by atoms with Crippen LogP contribution in [0.3, 0.4) is 0 Å². The van der Waals surface area contributed by atoms with Gasteiger partial charge in [-0.25, -0.2) is 9.97 Å². The van der Waals surface area contributed by atoms with Crippen molar-refractivity contribution in [1.82, 2.24) is 9.97 Å². The van der Waals surface area contributed by atoms with Crippen LogP contribution in [-0.4, -0.2) is 29.4 Å². The zero-order valence-electron chi connectivity index (χ0n) is 19.3. The van der Waals surface area contributed by atoms with Crippen LogP contribution < -0.4 is 14.8 Å². The van der Waals surface area contributed by atoms with E-state index in [1.165, 1.54) is 5.56 Å². The molecular formula is C26H30N4O2. The Labute approximate surface area is 189 Å². The van der Waals surface area contributed by atoms with Crippen molar-refractivity contribution in [1.29, 1.82) is 0 Å². The molecule has 6 heteroatoms. The summed E-state index contributed by atoms with van der Waals surface area (Å²) in [7, 11) is 1.68. The van der Waals surface area contributed by atoms with Gasteiger partial charge in [-0.2, -0.15) is 0 Å². The molecule has 6 nitrogen and oxygen atoms in total. The minimum Gasteiger partial charge on any atom is -0.497 e. The van der Waals surface area contributed by atoms with Crippen LogP contribution in [-0.2, 0) is 6.54 Å². The third-order valence-electron chi connectivity index (χ3n) is 5.63. The van der Waals surface area contributed by atoms with Crippen LogP contribution in [0.15, 0.2) is 53.7 Å². The molecule has 1 N–H and O–H groups in total. The summed E-state index contributed by atoms with van der Waals surface area (Å²) in [6, 6.07) is 14.2. The van der Waals surface area contributed by atoms with Crippen molar-refractivity contribution in [2.75, 3.05) is 19.0 Å². The van der Waals surface area contributed by atoms with Gasteiger partial charge in [0.15, 0.2) is 0 Å². The molecule has 1 aliphatic heterocycles. The lowest BCUT2D eigenvalue weighted by Crippen LogP contribution is -2.10. The number of aliphatic imine (C=N–C) groups is 1. The van der Waals surface area contributed by atoms with E-state index in [1.807, 2.05) is 38.1 Å². The molecule has 0 amide bonds. The molecule has 0 aliphatic carbocycles. The van der Waals surface area contributed by atoms with Crippen LogP contribution in [0.25, 0.3) is 11.3 Å². The number of nitrogens with one attached hydrogen (secondary N) is 1. The number of hydrogen-bond donors (Lipinski definition) is 1. The summed E-state index contributed by atoms with van der Waals surface area (Å²) in [4.78, 5) is 14.4. The molecule has 1 aromatic carbocycles. The number of nitrogens with zero attached hydrogens (tertiary/aromatic N) is 3. The summed E-state index contributed by atoms with van der Waals surface area (Å²) >= 11 is 0. The van der Waals surface area contributed by atoms with E-state index in [2.05, 4.69) is 42.3 Å². The third-order valence-corrected chi connectivity index (χ3v) is 5.63. The average Bonchev–Trinajstić information content (AvgIpc) is 3.15. The number of rotatable bonds is 8. The summed E-state index contributed by atoms with van der Waals surface area (Å²) in [5.74, 6) is 1.82. The van der Waals surface area contributed by atoms with Crippen LogP contribution in [0.2, 0.25) is 0 Å². The fraction of sp³-hybridized carbons (Fsp3) is 0.346. The van der Waals surface area contributed by atoms with Gasteiger partial charge in [-0.05, 0) is 55.7 Å². The number of ether oxygens (including phenoxy) is 2. The first-order chi connectivity index (χ1) is 15.5. The maximum absolute atomic E-state index is 5.77. The second-order valence-corrected chi connectivity index (χ2v) is 8.21. The van der Waals surface area contributed by atoms with E-state index in [0.717, 1.165) is 39.7 Å². The lowest BCUT2D eigenvalue weighted by Gasteiger charge is -2.20. The Morgan fingerprint density at radius 3 is 2.59 bits per heavy atom. The minimum absolute atomic E-state index is 0.0881. The molecule has 0 fully saturated rings. The molecule has 0 radical (unpaired) electrons.